The second-order valence-corrected chi connectivity index (χ2v) is 4.46. The Morgan fingerprint density at radius 1 is 1.50 bits per heavy atom. The van der Waals surface area contributed by atoms with Gasteiger partial charge in [0.1, 0.15) is 0 Å². The van der Waals surface area contributed by atoms with E-state index in [1.165, 1.54) is 11.1 Å². The summed E-state index contributed by atoms with van der Waals surface area (Å²) < 4.78 is 5.17. The highest BCUT2D eigenvalue weighted by molar-refractivity contribution is 5.43. The SMILES string of the molecule is C#CCC(N)c1nc(C2Cc3ccccc32)no1. The average molecular weight is 239 g/mol. The predicted molar refractivity (Wildman–Crippen MR) is 66.7 cm³/mol. The number of aromatic nitrogens is 2. The van der Waals surface area contributed by atoms with Gasteiger partial charge >= 0.3 is 0 Å². The van der Waals surface area contributed by atoms with E-state index in [0.717, 1.165) is 6.42 Å². The lowest BCUT2D eigenvalue weighted by molar-refractivity contribution is 0.350. The molecule has 4 heteroatoms. The highest BCUT2D eigenvalue weighted by Gasteiger charge is 2.31. The molecule has 1 aliphatic carbocycles. The number of hydrogen-bond donors (Lipinski definition) is 1. The van der Waals surface area contributed by atoms with Gasteiger partial charge in [-0.15, -0.1) is 12.3 Å². The molecule has 1 aromatic carbocycles. The Labute approximate surface area is 105 Å². The number of rotatable bonds is 3. The molecular weight excluding hydrogens is 226 g/mol. The lowest BCUT2D eigenvalue weighted by Gasteiger charge is -2.27. The molecular formula is C14H13N3O. The molecule has 0 fully saturated rings. The number of nitrogens with two attached hydrogens (primary N) is 1. The van der Waals surface area contributed by atoms with Crippen LogP contribution >= 0.6 is 0 Å². The number of nitrogens with zero attached hydrogens (tertiary/aromatic N) is 2. The molecule has 2 aromatic rings. The highest BCUT2D eigenvalue weighted by Crippen LogP contribution is 2.38. The molecule has 0 aliphatic heterocycles. The van der Waals surface area contributed by atoms with E-state index in [9.17, 15) is 0 Å². The van der Waals surface area contributed by atoms with Crippen LogP contribution in [-0.2, 0) is 6.42 Å². The maximum absolute atomic E-state index is 5.83. The van der Waals surface area contributed by atoms with E-state index < -0.39 is 0 Å². The largest absolute Gasteiger partial charge is 0.338 e. The second-order valence-electron chi connectivity index (χ2n) is 4.46. The lowest BCUT2D eigenvalue weighted by atomic mass is 9.77. The van der Waals surface area contributed by atoms with Crippen molar-refractivity contribution in [1.82, 2.24) is 10.1 Å². The van der Waals surface area contributed by atoms with Crippen LogP contribution in [0.2, 0.25) is 0 Å². The zero-order chi connectivity index (χ0) is 12.5. The van der Waals surface area contributed by atoms with Crippen LogP contribution in [0, 0.1) is 12.3 Å². The highest BCUT2D eigenvalue weighted by atomic mass is 16.5. The minimum atomic E-state index is -0.369. The minimum absolute atomic E-state index is 0.233. The van der Waals surface area contributed by atoms with Gasteiger partial charge in [-0.1, -0.05) is 29.4 Å². The Bertz CT molecular complexity index is 611. The second kappa shape index (κ2) is 4.28. The first-order valence-electron chi connectivity index (χ1n) is 5.90. The Morgan fingerprint density at radius 3 is 3.11 bits per heavy atom. The van der Waals surface area contributed by atoms with Gasteiger partial charge in [0.2, 0.25) is 5.89 Å². The molecule has 18 heavy (non-hydrogen) atoms. The molecule has 3 rings (SSSR count). The van der Waals surface area contributed by atoms with Crippen LogP contribution in [0.15, 0.2) is 28.8 Å². The third-order valence-corrected chi connectivity index (χ3v) is 3.28. The molecule has 2 atom stereocenters. The van der Waals surface area contributed by atoms with E-state index in [4.69, 9.17) is 16.7 Å². The summed E-state index contributed by atoms with van der Waals surface area (Å²) in [6.45, 7) is 0. The Hall–Kier alpha value is -2.12. The fourth-order valence-electron chi connectivity index (χ4n) is 2.24. The van der Waals surface area contributed by atoms with Gasteiger partial charge in [-0.2, -0.15) is 4.98 Å². The van der Waals surface area contributed by atoms with Crippen LogP contribution in [0.25, 0.3) is 0 Å². The zero-order valence-corrected chi connectivity index (χ0v) is 9.84. The van der Waals surface area contributed by atoms with Crippen molar-refractivity contribution in [3.05, 3.63) is 47.1 Å². The molecule has 2 N–H and O–H groups in total. The maximum Gasteiger partial charge on any atom is 0.244 e. The van der Waals surface area contributed by atoms with Gasteiger partial charge in [0.25, 0.3) is 0 Å². The third-order valence-electron chi connectivity index (χ3n) is 3.28. The minimum Gasteiger partial charge on any atom is -0.338 e. The van der Waals surface area contributed by atoms with Gasteiger partial charge in [-0.3, -0.25) is 0 Å². The van der Waals surface area contributed by atoms with Crippen LogP contribution in [0.4, 0.5) is 0 Å². The summed E-state index contributed by atoms with van der Waals surface area (Å²) in [6.07, 6.45) is 6.58. The van der Waals surface area contributed by atoms with Crippen molar-refractivity contribution in [2.45, 2.75) is 24.8 Å². The van der Waals surface area contributed by atoms with Crippen LogP contribution in [0.3, 0.4) is 0 Å². The molecule has 4 nitrogen and oxygen atoms in total. The third kappa shape index (κ3) is 1.69. The van der Waals surface area contributed by atoms with Crippen LogP contribution in [-0.4, -0.2) is 10.1 Å². The molecule has 1 aliphatic rings. The average Bonchev–Trinajstić information content (AvgIpc) is 2.80. The molecule has 1 aromatic heterocycles. The molecule has 0 radical (unpaired) electrons. The Balaban J connectivity index is 1.82. The van der Waals surface area contributed by atoms with Gasteiger partial charge in [-0.25, -0.2) is 0 Å². The standard InChI is InChI=1S/C14H13N3O/c1-2-5-12(15)14-16-13(17-18-14)11-8-9-6-3-4-7-10(9)11/h1,3-4,6-7,11-12H,5,8,15H2. The Morgan fingerprint density at radius 2 is 2.33 bits per heavy atom. The molecule has 1 heterocycles. The zero-order valence-electron chi connectivity index (χ0n) is 9.84. The van der Waals surface area contributed by atoms with Crippen LogP contribution < -0.4 is 5.73 Å². The van der Waals surface area contributed by atoms with Gasteiger partial charge in [0, 0.05) is 6.42 Å². The number of hydrogen-bond acceptors (Lipinski definition) is 4. The first-order valence-corrected chi connectivity index (χ1v) is 5.90. The molecule has 0 saturated carbocycles. The summed E-state index contributed by atoms with van der Waals surface area (Å²) in [5, 5.41) is 4.01. The van der Waals surface area contributed by atoms with Crippen molar-refractivity contribution >= 4 is 0 Å². The van der Waals surface area contributed by atoms with E-state index in [1.807, 2.05) is 12.1 Å². The normalized spacial score (nSPS) is 18.6. The summed E-state index contributed by atoms with van der Waals surface area (Å²) in [5.41, 5.74) is 8.46. The van der Waals surface area contributed by atoms with Crippen molar-refractivity contribution in [1.29, 1.82) is 0 Å². The van der Waals surface area contributed by atoms with E-state index in [2.05, 4.69) is 28.2 Å². The van der Waals surface area contributed by atoms with Crippen molar-refractivity contribution in [2.75, 3.05) is 0 Å². The predicted octanol–water partition coefficient (Wildman–Crippen LogP) is 1.78. The number of benzene rings is 1. The van der Waals surface area contributed by atoms with E-state index in [1.54, 1.807) is 0 Å². The lowest BCUT2D eigenvalue weighted by Crippen LogP contribution is -2.19. The van der Waals surface area contributed by atoms with Crippen LogP contribution in [0.1, 0.15) is 41.2 Å². The van der Waals surface area contributed by atoms with Crippen LogP contribution in [0.5, 0.6) is 0 Å². The van der Waals surface area contributed by atoms with Crippen molar-refractivity contribution in [2.24, 2.45) is 5.73 Å². The van der Waals surface area contributed by atoms with E-state index >= 15 is 0 Å². The monoisotopic (exact) mass is 239 g/mol. The van der Waals surface area contributed by atoms with E-state index in [0.29, 0.717) is 18.1 Å². The summed E-state index contributed by atoms with van der Waals surface area (Å²) >= 11 is 0. The molecule has 0 amide bonds. The first-order chi connectivity index (χ1) is 8.79. The maximum atomic E-state index is 5.83. The van der Waals surface area contributed by atoms with Crippen molar-refractivity contribution in [3.8, 4) is 12.3 Å². The quantitative estimate of drug-likeness (QED) is 0.829. The van der Waals surface area contributed by atoms with Gasteiger partial charge in [0.15, 0.2) is 5.82 Å². The van der Waals surface area contributed by atoms with Gasteiger partial charge in [0.05, 0.1) is 12.0 Å². The molecule has 0 saturated heterocycles. The summed E-state index contributed by atoms with van der Waals surface area (Å²) in [7, 11) is 0. The summed E-state index contributed by atoms with van der Waals surface area (Å²) in [6, 6.07) is 7.92. The van der Waals surface area contributed by atoms with Gasteiger partial charge in [-0.05, 0) is 17.5 Å². The number of terminal acetylenes is 1. The fraction of sp³-hybridized carbons (Fsp3) is 0.286. The topological polar surface area (TPSA) is 64.9 Å². The summed E-state index contributed by atoms with van der Waals surface area (Å²) in [4.78, 5) is 4.35. The van der Waals surface area contributed by atoms with Crippen molar-refractivity contribution < 1.29 is 4.52 Å². The number of fused-ring (bicyclic) bond motifs is 1. The first kappa shape index (κ1) is 11.0. The molecule has 0 bridgehead atoms. The fourth-order valence-corrected chi connectivity index (χ4v) is 2.24. The summed E-state index contributed by atoms with van der Waals surface area (Å²) in [5.74, 6) is 3.86. The van der Waals surface area contributed by atoms with E-state index in [-0.39, 0.29) is 12.0 Å². The molecule has 0 spiro atoms. The molecule has 90 valence electrons. The van der Waals surface area contributed by atoms with Crippen molar-refractivity contribution in [3.63, 3.8) is 0 Å². The smallest absolute Gasteiger partial charge is 0.244 e. The van der Waals surface area contributed by atoms with Gasteiger partial charge < -0.3 is 10.3 Å². The Kier molecular flexibility index (Phi) is 2.62. The molecule has 2 unspecified atom stereocenters.